The zero-order valence-corrected chi connectivity index (χ0v) is 9.50. The topological polar surface area (TPSA) is 57.5 Å². The van der Waals surface area contributed by atoms with E-state index in [4.69, 9.17) is 11.6 Å². The maximum absolute atomic E-state index is 10.6. The van der Waals surface area contributed by atoms with Gasteiger partial charge in [-0.15, -0.1) is 0 Å². The van der Waals surface area contributed by atoms with E-state index in [2.05, 4.69) is 0 Å². The summed E-state index contributed by atoms with van der Waals surface area (Å²) in [5.41, 5.74) is 2.53. The van der Waals surface area contributed by atoms with Crippen LogP contribution < -0.4 is 0 Å². The van der Waals surface area contributed by atoms with Crippen LogP contribution in [0.4, 0.5) is 0 Å². The molecule has 1 aromatic rings. The average molecular weight is 241 g/mol. The molecule has 0 spiro atoms. The molecule has 0 saturated heterocycles. The number of aryl methyl sites for hydroxylation is 2. The molecule has 2 N–H and O–H groups in total. The van der Waals surface area contributed by atoms with Crippen molar-refractivity contribution < 1.29 is 15.0 Å². The third-order valence-corrected chi connectivity index (χ3v) is 3.14. The van der Waals surface area contributed by atoms with Crippen molar-refractivity contribution in [1.82, 2.24) is 0 Å². The standard InChI is InChI=1S/C12H13ClO3/c13-11(14)4-2-8-1-3-10-9(7-8)5-6-12(10,15)16/h1,3,7,15-16H,2,4-6H2. The van der Waals surface area contributed by atoms with Gasteiger partial charge >= 0.3 is 0 Å². The van der Waals surface area contributed by atoms with Gasteiger partial charge in [0.05, 0.1) is 0 Å². The molecule has 0 atom stereocenters. The first-order valence-corrected chi connectivity index (χ1v) is 5.62. The van der Waals surface area contributed by atoms with Gasteiger partial charge in [0.1, 0.15) is 0 Å². The first kappa shape index (κ1) is 11.6. The lowest BCUT2D eigenvalue weighted by Crippen LogP contribution is -2.20. The van der Waals surface area contributed by atoms with Crippen LogP contribution in [-0.2, 0) is 23.4 Å². The van der Waals surface area contributed by atoms with E-state index in [0.29, 0.717) is 31.2 Å². The molecule has 0 unspecified atom stereocenters. The van der Waals surface area contributed by atoms with Gasteiger partial charge in [0.25, 0.3) is 0 Å². The minimum Gasteiger partial charge on any atom is -0.362 e. The molecule has 86 valence electrons. The number of carbonyl (C=O) groups excluding carboxylic acids is 1. The molecule has 1 aromatic carbocycles. The van der Waals surface area contributed by atoms with Crippen LogP contribution in [-0.4, -0.2) is 15.5 Å². The predicted molar refractivity (Wildman–Crippen MR) is 60.1 cm³/mol. The van der Waals surface area contributed by atoms with E-state index >= 15 is 0 Å². The Morgan fingerprint density at radius 1 is 1.44 bits per heavy atom. The smallest absolute Gasteiger partial charge is 0.221 e. The van der Waals surface area contributed by atoms with Crippen molar-refractivity contribution in [2.75, 3.05) is 0 Å². The maximum atomic E-state index is 10.6. The van der Waals surface area contributed by atoms with Crippen molar-refractivity contribution in [3.63, 3.8) is 0 Å². The second-order valence-electron chi connectivity index (χ2n) is 4.16. The first-order chi connectivity index (χ1) is 7.49. The van der Waals surface area contributed by atoms with Gasteiger partial charge in [-0.25, -0.2) is 0 Å². The third-order valence-electron chi connectivity index (χ3n) is 2.95. The SMILES string of the molecule is O=C(Cl)CCc1ccc2c(c1)CCC2(O)O. The zero-order valence-electron chi connectivity index (χ0n) is 8.74. The lowest BCUT2D eigenvalue weighted by Gasteiger charge is -2.15. The summed E-state index contributed by atoms with van der Waals surface area (Å²) < 4.78 is 0. The summed E-state index contributed by atoms with van der Waals surface area (Å²) >= 11 is 5.27. The molecule has 4 heteroatoms. The zero-order chi connectivity index (χ0) is 11.8. The van der Waals surface area contributed by atoms with Crippen LogP contribution >= 0.6 is 11.6 Å². The molecule has 1 aliphatic carbocycles. The van der Waals surface area contributed by atoms with E-state index in [9.17, 15) is 15.0 Å². The van der Waals surface area contributed by atoms with E-state index in [0.717, 1.165) is 11.1 Å². The minimum atomic E-state index is -1.68. The Balaban J connectivity index is 2.19. The highest BCUT2D eigenvalue weighted by Crippen LogP contribution is 2.35. The summed E-state index contributed by atoms with van der Waals surface area (Å²) in [6, 6.07) is 5.45. The summed E-state index contributed by atoms with van der Waals surface area (Å²) in [6.45, 7) is 0. The summed E-state index contributed by atoms with van der Waals surface area (Å²) in [4.78, 5) is 10.6. The van der Waals surface area contributed by atoms with Crippen molar-refractivity contribution >= 4 is 16.8 Å². The number of fused-ring (bicyclic) bond motifs is 1. The van der Waals surface area contributed by atoms with Crippen molar-refractivity contribution in [3.05, 3.63) is 34.9 Å². The maximum Gasteiger partial charge on any atom is 0.221 e. The van der Waals surface area contributed by atoms with Crippen molar-refractivity contribution in [2.45, 2.75) is 31.5 Å². The molecule has 0 fully saturated rings. The van der Waals surface area contributed by atoms with Gasteiger partial charge in [0, 0.05) is 18.4 Å². The lowest BCUT2D eigenvalue weighted by atomic mass is 10.0. The fourth-order valence-corrected chi connectivity index (χ4v) is 2.18. The predicted octanol–water partition coefficient (Wildman–Crippen LogP) is 1.47. The molecule has 0 amide bonds. The second kappa shape index (κ2) is 4.17. The highest BCUT2D eigenvalue weighted by Gasteiger charge is 2.34. The molecule has 0 radical (unpaired) electrons. The van der Waals surface area contributed by atoms with Crippen LogP contribution in [0.2, 0.25) is 0 Å². The quantitative estimate of drug-likeness (QED) is 0.621. The first-order valence-electron chi connectivity index (χ1n) is 5.24. The van der Waals surface area contributed by atoms with Crippen molar-refractivity contribution in [3.8, 4) is 0 Å². The molecule has 0 heterocycles. The highest BCUT2D eigenvalue weighted by atomic mass is 35.5. The minimum absolute atomic E-state index is 0.309. The molecule has 0 aliphatic heterocycles. The summed E-state index contributed by atoms with van der Waals surface area (Å²) in [5, 5.41) is 18.9. The van der Waals surface area contributed by atoms with Gasteiger partial charge < -0.3 is 10.2 Å². The fraction of sp³-hybridized carbons (Fsp3) is 0.417. The molecular formula is C12H13ClO3. The Morgan fingerprint density at radius 3 is 2.88 bits per heavy atom. The molecule has 0 bridgehead atoms. The molecule has 2 rings (SSSR count). The largest absolute Gasteiger partial charge is 0.362 e. The van der Waals surface area contributed by atoms with Crippen molar-refractivity contribution in [1.29, 1.82) is 0 Å². The number of hydrogen-bond acceptors (Lipinski definition) is 3. The summed E-state index contributed by atoms with van der Waals surface area (Å²) in [5.74, 6) is -1.68. The van der Waals surface area contributed by atoms with E-state index in [1.54, 1.807) is 6.07 Å². The molecule has 1 aliphatic rings. The van der Waals surface area contributed by atoms with Crippen LogP contribution in [0.1, 0.15) is 29.5 Å². The monoisotopic (exact) mass is 240 g/mol. The normalized spacial score (nSPS) is 17.2. The third kappa shape index (κ3) is 2.26. The van der Waals surface area contributed by atoms with Crippen LogP contribution in [0.15, 0.2) is 18.2 Å². The number of aliphatic hydroxyl groups is 2. The van der Waals surface area contributed by atoms with Crippen LogP contribution in [0.3, 0.4) is 0 Å². The Kier molecular flexibility index (Phi) is 3.02. The van der Waals surface area contributed by atoms with Gasteiger partial charge in [-0.05, 0) is 35.6 Å². The molecule has 0 saturated carbocycles. The lowest BCUT2D eigenvalue weighted by molar-refractivity contribution is -0.166. The highest BCUT2D eigenvalue weighted by molar-refractivity contribution is 6.63. The number of hydrogen-bond donors (Lipinski definition) is 2. The molecule has 3 nitrogen and oxygen atoms in total. The van der Waals surface area contributed by atoms with E-state index in [1.165, 1.54) is 0 Å². The van der Waals surface area contributed by atoms with Crippen LogP contribution in [0.25, 0.3) is 0 Å². The van der Waals surface area contributed by atoms with Crippen LogP contribution in [0, 0.1) is 0 Å². The van der Waals surface area contributed by atoms with Gasteiger partial charge in [-0.1, -0.05) is 18.2 Å². The molecular weight excluding hydrogens is 228 g/mol. The van der Waals surface area contributed by atoms with Gasteiger partial charge in [0.15, 0.2) is 5.79 Å². The fourth-order valence-electron chi connectivity index (χ4n) is 2.09. The molecule has 0 aromatic heterocycles. The Morgan fingerprint density at radius 2 is 2.19 bits per heavy atom. The second-order valence-corrected chi connectivity index (χ2v) is 4.58. The van der Waals surface area contributed by atoms with E-state index < -0.39 is 5.79 Å². The van der Waals surface area contributed by atoms with Gasteiger partial charge in [-0.3, -0.25) is 4.79 Å². The van der Waals surface area contributed by atoms with Gasteiger partial charge in [-0.2, -0.15) is 0 Å². The Bertz CT molecular complexity index is 426. The van der Waals surface area contributed by atoms with E-state index in [1.807, 2.05) is 12.1 Å². The number of carbonyl (C=O) groups is 1. The number of halogens is 1. The van der Waals surface area contributed by atoms with Crippen LogP contribution in [0.5, 0.6) is 0 Å². The number of rotatable bonds is 3. The summed E-state index contributed by atoms with van der Waals surface area (Å²) in [7, 11) is 0. The van der Waals surface area contributed by atoms with E-state index in [-0.39, 0.29) is 5.24 Å². The average Bonchev–Trinajstić information content (AvgIpc) is 2.52. The Hall–Kier alpha value is -0.900. The van der Waals surface area contributed by atoms with Gasteiger partial charge in [0.2, 0.25) is 5.24 Å². The Labute approximate surface area is 98.7 Å². The number of benzene rings is 1. The molecule has 16 heavy (non-hydrogen) atoms. The summed E-state index contributed by atoms with van der Waals surface area (Å²) in [6.07, 6.45) is 1.90. The van der Waals surface area contributed by atoms with Crippen molar-refractivity contribution in [2.24, 2.45) is 0 Å².